The van der Waals surface area contributed by atoms with Gasteiger partial charge in [0, 0.05) is 49.1 Å². The number of nitrogens with zero attached hydrogens (tertiary/aromatic N) is 3. The maximum Gasteiger partial charge on any atom is 0.407 e. The number of hydrogen-bond donors (Lipinski definition) is 3. The molecule has 32 heavy (non-hydrogen) atoms. The van der Waals surface area contributed by atoms with Crippen LogP contribution < -0.4 is 10.6 Å². The molecular formula is C23H29N5O4. The molecule has 1 spiro atoms. The lowest BCUT2D eigenvalue weighted by molar-refractivity contribution is -0.134. The third kappa shape index (κ3) is 3.49. The van der Waals surface area contributed by atoms with Crippen molar-refractivity contribution in [2.45, 2.75) is 51.0 Å². The Kier molecular flexibility index (Phi) is 4.87. The van der Waals surface area contributed by atoms with Gasteiger partial charge in [0.2, 0.25) is 11.8 Å². The second-order valence-corrected chi connectivity index (χ2v) is 9.85. The van der Waals surface area contributed by atoms with Crippen molar-refractivity contribution in [3.8, 4) is 0 Å². The second kappa shape index (κ2) is 7.50. The van der Waals surface area contributed by atoms with Crippen LogP contribution in [0, 0.1) is 11.3 Å². The van der Waals surface area contributed by atoms with E-state index in [0.29, 0.717) is 37.9 Å². The number of carbonyl (C=O) groups excluding carboxylic acids is 2. The van der Waals surface area contributed by atoms with E-state index in [1.54, 1.807) is 4.68 Å². The van der Waals surface area contributed by atoms with E-state index in [4.69, 9.17) is 5.11 Å². The number of carboxylic acid groups (broad SMARTS) is 1. The van der Waals surface area contributed by atoms with Crippen LogP contribution in [0.2, 0.25) is 0 Å². The molecule has 3 aliphatic rings. The van der Waals surface area contributed by atoms with Crippen LogP contribution in [0.5, 0.6) is 0 Å². The normalized spacial score (nSPS) is 27.3. The maximum absolute atomic E-state index is 12.3. The number of aryl methyl sites for hydroxylation is 1. The first kappa shape index (κ1) is 20.8. The summed E-state index contributed by atoms with van der Waals surface area (Å²) in [4.78, 5) is 36.5. The molecule has 2 saturated heterocycles. The van der Waals surface area contributed by atoms with Gasteiger partial charge in [0.15, 0.2) is 0 Å². The molecule has 3 N–H and O–H groups in total. The minimum absolute atomic E-state index is 0.152. The van der Waals surface area contributed by atoms with Gasteiger partial charge in [-0.2, -0.15) is 5.10 Å². The maximum atomic E-state index is 12.3. The van der Waals surface area contributed by atoms with Gasteiger partial charge < -0.3 is 15.3 Å². The van der Waals surface area contributed by atoms with Gasteiger partial charge in [0.05, 0.1) is 17.1 Å². The molecule has 1 saturated carbocycles. The number of likely N-dealkylation sites (tertiary alicyclic amines) is 1. The van der Waals surface area contributed by atoms with E-state index in [9.17, 15) is 14.4 Å². The minimum atomic E-state index is -0.815. The summed E-state index contributed by atoms with van der Waals surface area (Å²) in [5.41, 5.74) is 2.84. The number of nitrogens with one attached hydrogen (secondary N) is 2. The van der Waals surface area contributed by atoms with Gasteiger partial charge in [-0.05, 0) is 49.8 Å². The summed E-state index contributed by atoms with van der Waals surface area (Å²) in [5.74, 6) is -0.455. The number of imide groups is 1. The van der Waals surface area contributed by atoms with Gasteiger partial charge in [-0.1, -0.05) is 6.92 Å². The minimum Gasteiger partial charge on any atom is -0.465 e. The van der Waals surface area contributed by atoms with Gasteiger partial charge >= 0.3 is 6.09 Å². The predicted molar refractivity (Wildman–Crippen MR) is 118 cm³/mol. The zero-order valence-corrected chi connectivity index (χ0v) is 18.4. The molecule has 9 heteroatoms. The van der Waals surface area contributed by atoms with E-state index in [0.717, 1.165) is 41.5 Å². The average Bonchev–Trinajstić information content (AvgIpc) is 3.03. The van der Waals surface area contributed by atoms with Crippen LogP contribution in [0.4, 0.5) is 10.5 Å². The number of piperidine rings is 1. The molecule has 0 radical (unpaired) electrons. The van der Waals surface area contributed by atoms with Crippen LogP contribution in [0.25, 0.3) is 10.9 Å². The highest BCUT2D eigenvalue weighted by Crippen LogP contribution is 2.46. The quantitative estimate of drug-likeness (QED) is 0.633. The zero-order valence-electron chi connectivity index (χ0n) is 18.4. The fraction of sp³-hybridized carbons (Fsp3) is 0.565. The Morgan fingerprint density at radius 1 is 1.28 bits per heavy atom. The smallest absolute Gasteiger partial charge is 0.407 e. The molecular weight excluding hydrogens is 410 g/mol. The van der Waals surface area contributed by atoms with Gasteiger partial charge in [-0.3, -0.25) is 19.6 Å². The van der Waals surface area contributed by atoms with E-state index in [-0.39, 0.29) is 17.2 Å². The highest BCUT2D eigenvalue weighted by molar-refractivity contribution is 6.02. The van der Waals surface area contributed by atoms with Crippen molar-refractivity contribution in [3.05, 3.63) is 23.9 Å². The molecule has 1 aromatic heterocycles. The number of anilines is 1. The summed E-state index contributed by atoms with van der Waals surface area (Å²) in [5, 5.41) is 20.8. The van der Waals surface area contributed by atoms with Crippen LogP contribution in [0.3, 0.4) is 0 Å². The summed E-state index contributed by atoms with van der Waals surface area (Å²) < 4.78 is 1.80. The number of carbonyl (C=O) groups is 3. The van der Waals surface area contributed by atoms with Crippen molar-refractivity contribution in [3.63, 3.8) is 0 Å². The largest absolute Gasteiger partial charge is 0.465 e. The molecule has 170 valence electrons. The van der Waals surface area contributed by atoms with E-state index < -0.39 is 12.0 Å². The Morgan fingerprint density at radius 3 is 2.75 bits per heavy atom. The Hall–Kier alpha value is -3.10. The van der Waals surface area contributed by atoms with E-state index in [2.05, 4.69) is 28.7 Å². The number of rotatable bonds is 3. The molecule has 3 fully saturated rings. The van der Waals surface area contributed by atoms with Crippen molar-refractivity contribution >= 4 is 34.5 Å². The van der Waals surface area contributed by atoms with Crippen molar-refractivity contribution in [1.82, 2.24) is 20.0 Å². The van der Waals surface area contributed by atoms with E-state index in [1.807, 2.05) is 19.2 Å². The SMILES string of the molecule is C[C@@H]1CC2(CC[C@@H]1Nc1ccc3c(C4CCC(=O)NC4=O)nn(C)c3c1)CN(C(=O)O)C2. The standard InChI is InChI=1S/C23H29N5O4/c1-13-10-23(11-28(12-23)22(31)32)8-7-17(13)24-14-3-4-15-18(9-14)27(2)26-20(15)16-5-6-19(29)25-21(16)30/h3-4,9,13,16-17,24H,5-8,10-12H2,1-2H3,(H,31,32)(H,25,29,30)/t13-,16?,17+/m1/s1. The highest BCUT2D eigenvalue weighted by Gasteiger charge is 2.49. The number of fused-ring (bicyclic) bond motifs is 1. The number of benzene rings is 1. The average molecular weight is 440 g/mol. The molecule has 1 aliphatic carbocycles. The summed E-state index contributed by atoms with van der Waals surface area (Å²) in [7, 11) is 1.87. The molecule has 3 heterocycles. The lowest BCUT2D eigenvalue weighted by Gasteiger charge is -2.54. The molecule has 1 aromatic carbocycles. The van der Waals surface area contributed by atoms with Crippen LogP contribution in [-0.4, -0.2) is 56.8 Å². The highest BCUT2D eigenvalue weighted by atomic mass is 16.4. The Bertz CT molecular complexity index is 1100. The van der Waals surface area contributed by atoms with Crippen LogP contribution in [-0.2, 0) is 16.6 Å². The molecule has 2 aliphatic heterocycles. The lowest BCUT2D eigenvalue weighted by atomic mass is 9.64. The van der Waals surface area contributed by atoms with Crippen molar-refractivity contribution in [2.75, 3.05) is 18.4 Å². The second-order valence-electron chi connectivity index (χ2n) is 9.85. The van der Waals surface area contributed by atoms with Crippen LogP contribution >= 0.6 is 0 Å². The molecule has 1 unspecified atom stereocenters. The number of amides is 3. The molecule has 5 rings (SSSR count). The Morgan fingerprint density at radius 2 is 2.06 bits per heavy atom. The monoisotopic (exact) mass is 439 g/mol. The van der Waals surface area contributed by atoms with Crippen LogP contribution in [0.1, 0.15) is 50.6 Å². The third-order valence-corrected chi connectivity index (χ3v) is 7.55. The van der Waals surface area contributed by atoms with Gasteiger partial charge in [-0.15, -0.1) is 0 Å². The van der Waals surface area contributed by atoms with Crippen molar-refractivity contribution in [1.29, 1.82) is 0 Å². The first-order valence-electron chi connectivity index (χ1n) is 11.3. The van der Waals surface area contributed by atoms with E-state index >= 15 is 0 Å². The fourth-order valence-electron chi connectivity index (χ4n) is 5.87. The lowest BCUT2D eigenvalue weighted by Crippen LogP contribution is -2.61. The predicted octanol–water partition coefficient (Wildman–Crippen LogP) is 2.67. The molecule has 9 nitrogen and oxygen atoms in total. The van der Waals surface area contributed by atoms with Crippen molar-refractivity contribution in [2.24, 2.45) is 18.4 Å². The van der Waals surface area contributed by atoms with E-state index in [1.165, 1.54) is 4.90 Å². The summed E-state index contributed by atoms with van der Waals surface area (Å²) >= 11 is 0. The fourth-order valence-corrected chi connectivity index (χ4v) is 5.87. The first-order valence-corrected chi connectivity index (χ1v) is 11.3. The molecule has 3 amide bonds. The Labute approximate surface area is 186 Å². The van der Waals surface area contributed by atoms with Crippen molar-refractivity contribution < 1.29 is 19.5 Å². The molecule has 3 atom stereocenters. The van der Waals surface area contributed by atoms with Gasteiger partial charge in [-0.25, -0.2) is 4.79 Å². The third-order valence-electron chi connectivity index (χ3n) is 7.55. The number of aromatic nitrogens is 2. The summed E-state index contributed by atoms with van der Waals surface area (Å²) in [6.07, 6.45) is 3.08. The van der Waals surface area contributed by atoms with Crippen LogP contribution in [0.15, 0.2) is 18.2 Å². The van der Waals surface area contributed by atoms with Gasteiger partial charge in [0.25, 0.3) is 0 Å². The zero-order chi connectivity index (χ0) is 22.6. The topological polar surface area (TPSA) is 117 Å². The number of hydrogen-bond acceptors (Lipinski definition) is 5. The summed E-state index contributed by atoms with van der Waals surface area (Å²) in [6.45, 7) is 3.55. The summed E-state index contributed by atoms with van der Waals surface area (Å²) in [6, 6.07) is 6.45. The first-order chi connectivity index (χ1) is 15.2. The van der Waals surface area contributed by atoms with Gasteiger partial charge in [0.1, 0.15) is 0 Å². The molecule has 2 aromatic rings. The molecule has 0 bridgehead atoms. The Balaban J connectivity index is 1.30.